The maximum Gasteiger partial charge on any atom is 0.343 e. The summed E-state index contributed by atoms with van der Waals surface area (Å²) in [6.07, 6.45) is 1.09. The lowest BCUT2D eigenvalue weighted by Crippen LogP contribution is -2.19. The minimum absolute atomic E-state index is 0.00571. The predicted molar refractivity (Wildman–Crippen MR) is 79.8 cm³/mol. The molecule has 1 aliphatic rings. The first-order valence-corrected chi connectivity index (χ1v) is 6.90. The minimum atomic E-state index is -0.461. The molecule has 106 valence electrons. The van der Waals surface area contributed by atoms with Crippen molar-refractivity contribution in [3.63, 3.8) is 0 Å². The lowest BCUT2D eigenvalue weighted by atomic mass is 10.0. The van der Waals surface area contributed by atoms with E-state index in [4.69, 9.17) is 16.3 Å². The highest BCUT2D eigenvalue weighted by Crippen LogP contribution is 2.27. The zero-order chi connectivity index (χ0) is 14.8. The van der Waals surface area contributed by atoms with E-state index in [2.05, 4.69) is 5.32 Å². The average molecular weight is 302 g/mol. The number of ether oxygens (including phenoxy) is 1. The number of benzene rings is 2. The maximum atomic E-state index is 12.0. The van der Waals surface area contributed by atoms with Gasteiger partial charge in [-0.1, -0.05) is 17.7 Å². The Hall–Kier alpha value is -2.33. The van der Waals surface area contributed by atoms with Gasteiger partial charge < -0.3 is 10.1 Å². The van der Waals surface area contributed by atoms with Crippen LogP contribution in [0.1, 0.15) is 22.3 Å². The summed E-state index contributed by atoms with van der Waals surface area (Å²) in [5.41, 5.74) is 2.13. The van der Waals surface area contributed by atoms with Crippen LogP contribution in [0.5, 0.6) is 5.75 Å². The predicted octanol–water partition coefficient (Wildman–Crippen LogP) is 3.44. The number of amides is 1. The first-order valence-electron chi connectivity index (χ1n) is 6.52. The van der Waals surface area contributed by atoms with Crippen LogP contribution in [0.25, 0.3) is 0 Å². The topological polar surface area (TPSA) is 55.4 Å². The standard InChI is InChI=1S/C16H12ClNO3/c17-12-3-1-2-11(8-12)16(20)21-13-5-6-14-10(9-13)4-7-15(19)18-14/h1-3,5-6,8-9H,4,7H2,(H,18,19). The number of carbonyl (C=O) groups is 2. The Morgan fingerprint density at radius 1 is 1.14 bits per heavy atom. The fraction of sp³-hybridized carbons (Fsp3) is 0.125. The highest BCUT2D eigenvalue weighted by atomic mass is 35.5. The Morgan fingerprint density at radius 2 is 2.00 bits per heavy atom. The summed E-state index contributed by atoms with van der Waals surface area (Å²) in [5, 5.41) is 3.27. The van der Waals surface area contributed by atoms with E-state index in [1.165, 1.54) is 0 Å². The van der Waals surface area contributed by atoms with Gasteiger partial charge in [0.15, 0.2) is 0 Å². The van der Waals surface area contributed by atoms with E-state index < -0.39 is 5.97 Å². The number of fused-ring (bicyclic) bond motifs is 1. The van der Waals surface area contributed by atoms with Crippen LogP contribution in [0.4, 0.5) is 5.69 Å². The molecule has 0 unspecified atom stereocenters. The SMILES string of the molecule is O=C1CCc2cc(OC(=O)c3cccc(Cl)c3)ccc2N1. The third-order valence-corrected chi connectivity index (χ3v) is 3.48. The number of halogens is 1. The zero-order valence-corrected chi connectivity index (χ0v) is 11.8. The molecule has 1 N–H and O–H groups in total. The molecule has 0 radical (unpaired) electrons. The minimum Gasteiger partial charge on any atom is -0.423 e. The molecule has 5 heteroatoms. The number of aryl methyl sites for hydroxylation is 1. The van der Waals surface area contributed by atoms with Gasteiger partial charge >= 0.3 is 5.97 Å². The van der Waals surface area contributed by atoms with Crippen molar-refractivity contribution >= 4 is 29.2 Å². The highest BCUT2D eigenvalue weighted by molar-refractivity contribution is 6.30. The lowest BCUT2D eigenvalue weighted by molar-refractivity contribution is -0.116. The molecule has 1 heterocycles. The monoisotopic (exact) mass is 301 g/mol. The van der Waals surface area contributed by atoms with Gasteiger partial charge in [-0.05, 0) is 48.4 Å². The Morgan fingerprint density at radius 3 is 2.81 bits per heavy atom. The molecule has 21 heavy (non-hydrogen) atoms. The van der Waals surface area contributed by atoms with Gasteiger partial charge in [0.1, 0.15) is 5.75 Å². The van der Waals surface area contributed by atoms with Crippen molar-refractivity contribution in [1.29, 1.82) is 0 Å². The van der Waals surface area contributed by atoms with Crippen LogP contribution < -0.4 is 10.1 Å². The molecule has 2 aromatic rings. The molecule has 3 rings (SSSR count). The summed E-state index contributed by atoms with van der Waals surface area (Å²) < 4.78 is 5.34. The number of esters is 1. The summed E-state index contributed by atoms with van der Waals surface area (Å²) in [6.45, 7) is 0. The van der Waals surface area contributed by atoms with Gasteiger partial charge in [0.05, 0.1) is 5.56 Å². The number of hydrogen-bond acceptors (Lipinski definition) is 3. The van der Waals surface area contributed by atoms with Crippen molar-refractivity contribution in [2.24, 2.45) is 0 Å². The van der Waals surface area contributed by atoms with Crippen molar-refractivity contribution in [1.82, 2.24) is 0 Å². The number of carbonyl (C=O) groups excluding carboxylic acids is 2. The van der Waals surface area contributed by atoms with Crippen LogP contribution in [0.15, 0.2) is 42.5 Å². The number of anilines is 1. The van der Waals surface area contributed by atoms with Gasteiger partial charge in [-0.2, -0.15) is 0 Å². The molecule has 4 nitrogen and oxygen atoms in total. The summed E-state index contributed by atoms with van der Waals surface area (Å²) in [6, 6.07) is 11.8. The molecule has 2 aromatic carbocycles. The van der Waals surface area contributed by atoms with E-state index in [0.29, 0.717) is 29.2 Å². The molecular formula is C16H12ClNO3. The van der Waals surface area contributed by atoms with Crippen molar-refractivity contribution in [2.75, 3.05) is 5.32 Å². The molecule has 0 aliphatic carbocycles. The van der Waals surface area contributed by atoms with Gasteiger partial charge in [-0.25, -0.2) is 4.79 Å². The van der Waals surface area contributed by atoms with E-state index in [1.54, 1.807) is 42.5 Å². The molecule has 1 aliphatic heterocycles. The summed E-state index contributed by atoms with van der Waals surface area (Å²) in [4.78, 5) is 23.3. The number of hydrogen-bond donors (Lipinski definition) is 1. The second-order valence-corrected chi connectivity index (χ2v) is 5.20. The van der Waals surface area contributed by atoms with Crippen molar-refractivity contribution in [3.8, 4) is 5.75 Å². The summed E-state index contributed by atoms with van der Waals surface area (Å²) in [5.74, 6) is -0.00154. The van der Waals surface area contributed by atoms with Crippen LogP contribution in [0, 0.1) is 0 Å². The fourth-order valence-electron chi connectivity index (χ4n) is 2.20. The van der Waals surface area contributed by atoms with Crippen LogP contribution in [-0.4, -0.2) is 11.9 Å². The van der Waals surface area contributed by atoms with Gasteiger partial charge in [0.25, 0.3) is 0 Å². The Labute approximate surface area is 126 Å². The Kier molecular flexibility index (Phi) is 3.62. The van der Waals surface area contributed by atoms with E-state index in [-0.39, 0.29) is 5.91 Å². The molecule has 1 amide bonds. The van der Waals surface area contributed by atoms with Crippen molar-refractivity contribution in [2.45, 2.75) is 12.8 Å². The van der Waals surface area contributed by atoms with Gasteiger partial charge in [0.2, 0.25) is 5.91 Å². The lowest BCUT2D eigenvalue weighted by Gasteiger charge is -2.17. The molecule has 0 fully saturated rings. The van der Waals surface area contributed by atoms with Crippen LogP contribution in [0.2, 0.25) is 5.02 Å². The molecule has 0 atom stereocenters. The molecule has 0 saturated heterocycles. The van der Waals surface area contributed by atoms with Crippen LogP contribution in [0.3, 0.4) is 0 Å². The molecule has 0 bridgehead atoms. The summed E-state index contributed by atoms with van der Waals surface area (Å²) >= 11 is 5.85. The maximum absolute atomic E-state index is 12.0. The number of nitrogens with one attached hydrogen (secondary N) is 1. The van der Waals surface area contributed by atoms with E-state index >= 15 is 0 Å². The molecule has 0 saturated carbocycles. The first kappa shape index (κ1) is 13.6. The Balaban J connectivity index is 1.79. The smallest absolute Gasteiger partial charge is 0.343 e. The molecular weight excluding hydrogens is 290 g/mol. The van der Waals surface area contributed by atoms with E-state index in [1.807, 2.05) is 0 Å². The van der Waals surface area contributed by atoms with Gasteiger partial charge in [-0.15, -0.1) is 0 Å². The second kappa shape index (κ2) is 5.58. The largest absolute Gasteiger partial charge is 0.423 e. The van der Waals surface area contributed by atoms with E-state index in [0.717, 1.165) is 11.3 Å². The first-order chi connectivity index (χ1) is 10.1. The van der Waals surface area contributed by atoms with Crippen molar-refractivity contribution < 1.29 is 14.3 Å². The second-order valence-electron chi connectivity index (χ2n) is 4.77. The molecule has 0 aromatic heterocycles. The average Bonchev–Trinajstić information content (AvgIpc) is 2.47. The summed E-state index contributed by atoms with van der Waals surface area (Å²) in [7, 11) is 0. The Bertz CT molecular complexity index is 727. The quantitative estimate of drug-likeness (QED) is 0.683. The fourth-order valence-corrected chi connectivity index (χ4v) is 2.39. The normalized spacial score (nSPS) is 13.3. The van der Waals surface area contributed by atoms with Crippen LogP contribution >= 0.6 is 11.6 Å². The van der Waals surface area contributed by atoms with Gasteiger partial charge in [0, 0.05) is 17.1 Å². The highest BCUT2D eigenvalue weighted by Gasteiger charge is 2.16. The molecule has 0 spiro atoms. The van der Waals surface area contributed by atoms with Gasteiger partial charge in [-0.3, -0.25) is 4.79 Å². The zero-order valence-electron chi connectivity index (χ0n) is 11.1. The van der Waals surface area contributed by atoms with Crippen LogP contribution in [-0.2, 0) is 11.2 Å². The van der Waals surface area contributed by atoms with Crippen molar-refractivity contribution in [3.05, 3.63) is 58.6 Å². The third kappa shape index (κ3) is 3.06. The number of rotatable bonds is 2. The van der Waals surface area contributed by atoms with E-state index in [9.17, 15) is 9.59 Å². The third-order valence-electron chi connectivity index (χ3n) is 3.24.